The Kier molecular flexibility index (Phi) is 4.16. The number of carboxylic acids is 1. The molecular formula is C17H17NO5. The number of ether oxygens (including phenoxy) is 1. The number of amides is 1. The fourth-order valence-electron chi connectivity index (χ4n) is 2.61. The van der Waals surface area contributed by atoms with Crippen LogP contribution in [0.25, 0.3) is 0 Å². The van der Waals surface area contributed by atoms with Crippen LogP contribution in [0.3, 0.4) is 0 Å². The maximum Gasteiger partial charge on any atom is 0.338 e. The van der Waals surface area contributed by atoms with Crippen LogP contribution < -0.4 is 0 Å². The molecule has 0 aliphatic carbocycles. The molecule has 1 amide bonds. The SMILES string of the molecule is CC1COC(c2ccccc2)CN1C(=O)c1cc(C(=O)O)co1. The first-order valence-electron chi connectivity index (χ1n) is 7.35. The predicted molar refractivity (Wildman–Crippen MR) is 81.3 cm³/mol. The van der Waals surface area contributed by atoms with E-state index in [1.807, 2.05) is 37.3 Å². The molecule has 1 aliphatic heterocycles. The van der Waals surface area contributed by atoms with E-state index in [4.69, 9.17) is 14.3 Å². The van der Waals surface area contributed by atoms with Crippen molar-refractivity contribution in [1.29, 1.82) is 0 Å². The Morgan fingerprint density at radius 3 is 2.65 bits per heavy atom. The lowest BCUT2D eigenvalue weighted by Crippen LogP contribution is -2.48. The summed E-state index contributed by atoms with van der Waals surface area (Å²) in [5, 5.41) is 8.93. The van der Waals surface area contributed by atoms with E-state index in [0.717, 1.165) is 11.8 Å². The van der Waals surface area contributed by atoms with E-state index in [1.54, 1.807) is 4.90 Å². The molecule has 1 aromatic carbocycles. The summed E-state index contributed by atoms with van der Waals surface area (Å²) in [5.41, 5.74) is 0.969. The Balaban J connectivity index is 1.79. The Morgan fingerprint density at radius 1 is 1.26 bits per heavy atom. The van der Waals surface area contributed by atoms with Gasteiger partial charge in [0.05, 0.1) is 24.8 Å². The van der Waals surface area contributed by atoms with Crippen molar-refractivity contribution < 1.29 is 23.8 Å². The number of carbonyl (C=O) groups excluding carboxylic acids is 1. The minimum Gasteiger partial charge on any atom is -0.478 e. The lowest BCUT2D eigenvalue weighted by Gasteiger charge is -2.37. The first-order chi connectivity index (χ1) is 11.1. The lowest BCUT2D eigenvalue weighted by molar-refractivity contribution is -0.0495. The fraction of sp³-hybridized carbons (Fsp3) is 0.294. The van der Waals surface area contributed by atoms with E-state index in [9.17, 15) is 9.59 Å². The summed E-state index contributed by atoms with van der Waals surface area (Å²) in [7, 11) is 0. The Morgan fingerprint density at radius 2 is 2.00 bits per heavy atom. The number of carboxylic acid groups (broad SMARTS) is 1. The van der Waals surface area contributed by atoms with Gasteiger partial charge >= 0.3 is 5.97 Å². The Labute approximate surface area is 133 Å². The van der Waals surface area contributed by atoms with Gasteiger partial charge in [-0.3, -0.25) is 4.79 Å². The molecule has 2 aromatic rings. The minimum absolute atomic E-state index is 0.0305. The maximum atomic E-state index is 12.6. The van der Waals surface area contributed by atoms with Crippen LogP contribution in [0.2, 0.25) is 0 Å². The predicted octanol–water partition coefficient (Wildman–Crippen LogP) is 2.58. The second-order valence-electron chi connectivity index (χ2n) is 5.54. The summed E-state index contributed by atoms with van der Waals surface area (Å²) in [6.45, 7) is 2.70. The van der Waals surface area contributed by atoms with E-state index < -0.39 is 5.97 Å². The number of morpholine rings is 1. The normalized spacial score (nSPS) is 21.2. The number of carbonyl (C=O) groups is 2. The standard InChI is InChI=1S/C17H17NO5/c1-11-9-22-15(12-5-3-2-4-6-12)8-18(11)16(19)14-7-13(10-23-14)17(20)21/h2-7,10-11,15H,8-9H2,1H3,(H,20,21). The van der Waals surface area contributed by atoms with E-state index in [0.29, 0.717) is 13.2 Å². The van der Waals surface area contributed by atoms with Crippen molar-refractivity contribution in [2.45, 2.75) is 19.1 Å². The number of hydrogen-bond donors (Lipinski definition) is 1. The average molecular weight is 315 g/mol. The molecule has 0 saturated carbocycles. The maximum absolute atomic E-state index is 12.6. The molecule has 0 radical (unpaired) electrons. The van der Waals surface area contributed by atoms with Crippen LogP contribution >= 0.6 is 0 Å². The summed E-state index contributed by atoms with van der Waals surface area (Å²) in [4.78, 5) is 25.2. The summed E-state index contributed by atoms with van der Waals surface area (Å²) in [5.74, 6) is -1.41. The van der Waals surface area contributed by atoms with Gasteiger partial charge in [-0.1, -0.05) is 30.3 Å². The average Bonchev–Trinajstić information content (AvgIpc) is 3.06. The van der Waals surface area contributed by atoms with Crippen molar-refractivity contribution in [2.24, 2.45) is 0 Å². The number of rotatable bonds is 3. The summed E-state index contributed by atoms with van der Waals surface area (Å²) in [6, 6.07) is 10.8. The van der Waals surface area contributed by atoms with Gasteiger partial charge < -0.3 is 19.2 Å². The smallest absolute Gasteiger partial charge is 0.338 e. The highest BCUT2D eigenvalue weighted by atomic mass is 16.5. The third-order valence-corrected chi connectivity index (χ3v) is 3.92. The molecule has 2 atom stereocenters. The number of nitrogens with zero attached hydrogens (tertiary/aromatic N) is 1. The molecule has 1 saturated heterocycles. The second-order valence-corrected chi connectivity index (χ2v) is 5.54. The van der Waals surface area contributed by atoms with Gasteiger partial charge in [0.15, 0.2) is 5.76 Å². The Bertz CT molecular complexity index is 709. The molecule has 6 heteroatoms. The van der Waals surface area contributed by atoms with Crippen LogP contribution in [0.15, 0.2) is 47.1 Å². The third kappa shape index (κ3) is 3.12. The van der Waals surface area contributed by atoms with Gasteiger partial charge in [-0.2, -0.15) is 0 Å². The monoisotopic (exact) mass is 315 g/mol. The first kappa shape index (κ1) is 15.3. The van der Waals surface area contributed by atoms with Crippen molar-refractivity contribution >= 4 is 11.9 Å². The molecule has 1 fully saturated rings. The minimum atomic E-state index is -1.12. The van der Waals surface area contributed by atoms with Crippen LogP contribution in [-0.2, 0) is 4.74 Å². The number of aromatic carboxylic acids is 1. The zero-order chi connectivity index (χ0) is 16.4. The quantitative estimate of drug-likeness (QED) is 0.941. The fourth-order valence-corrected chi connectivity index (χ4v) is 2.61. The van der Waals surface area contributed by atoms with E-state index in [1.165, 1.54) is 6.07 Å². The Hall–Kier alpha value is -2.60. The van der Waals surface area contributed by atoms with Crippen molar-refractivity contribution in [3.63, 3.8) is 0 Å². The van der Waals surface area contributed by atoms with E-state index in [2.05, 4.69) is 0 Å². The van der Waals surface area contributed by atoms with E-state index >= 15 is 0 Å². The van der Waals surface area contributed by atoms with Gasteiger partial charge in [-0.05, 0) is 12.5 Å². The molecule has 0 spiro atoms. The lowest BCUT2D eigenvalue weighted by atomic mass is 10.1. The number of hydrogen-bond acceptors (Lipinski definition) is 4. The largest absolute Gasteiger partial charge is 0.478 e. The van der Waals surface area contributed by atoms with Crippen molar-refractivity contribution in [2.75, 3.05) is 13.2 Å². The molecule has 6 nitrogen and oxygen atoms in total. The van der Waals surface area contributed by atoms with Gasteiger partial charge in [0.1, 0.15) is 12.4 Å². The summed E-state index contributed by atoms with van der Waals surface area (Å²) >= 11 is 0. The van der Waals surface area contributed by atoms with Gasteiger partial charge in [0, 0.05) is 6.07 Å². The number of furan rings is 1. The first-order valence-corrected chi connectivity index (χ1v) is 7.35. The molecule has 2 unspecified atom stereocenters. The van der Waals surface area contributed by atoms with Gasteiger partial charge in [-0.25, -0.2) is 4.79 Å². The number of benzene rings is 1. The molecule has 1 aliphatic rings. The molecule has 0 bridgehead atoms. The highest BCUT2D eigenvalue weighted by Crippen LogP contribution is 2.26. The van der Waals surface area contributed by atoms with Crippen LogP contribution in [0, 0.1) is 0 Å². The zero-order valence-electron chi connectivity index (χ0n) is 12.6. The highest BCUT2D eigenvalue weighted by molar-refractivity contribution is 5.95. The van der Waals surface area contributed by atoms with E-state index in [-0.39, 0.29) is 29.4 Å². The van der Waals surface area contributed by atoms with Crippen LogP contribution in [0.5, 0.6) is 0 Å². The van der Waals surface area contributed by atoms with Crippen LogP contribution in [0.1, 0.15) is 39.5 Å². The molecule has 120 valence electrons. The highest BCUT2D eigenvalue weighted by Gasteiger charge is 2.32. The summed E-state index contributed by atoms with van der Waals surface area (Å²) in [6.07, 6.45) is 0.875. The van der Waals surface area contributed by atoms with Crippen molar-refractivity contribution in [3.8, 4) is 0 Å². The van der Waals surface area contributed by atoms with Gasteiger partial charge in [0.2, 0.25) is 0 Å². The van der Waals surface area contributed by atoms with Crippen LogP contribution in [-0.4, -0.2) is 41.1 Å². The molecular weight excluding hydrogens is 298 g/mol. The topological polar surface area (TPSA) is 80.0 Å². The van der Waals surface area contributed by atoms with Crippen LogP contribution in [0.4, 0.5) is 0 Å². The molecule has 23 heavy (non-hydrogen) atoms. The van der Waals surface area contributed by atoms with Gasteiger partial charge in [-0.15, -0.1) is 0 Å². The molecule has 1 N–H and O–H groups in total. The summed E-state index contributed by atoms with van der Waals surface area (Å²) < 4.78 is 10.9. The molecule has 2 heterocycles. The van der Waals surface area contributed by atoms with Crippen molar-refractivity contribution in [3.05, 3.63) is 59.5 Å². The third-order valence-electron chi connectivity index (χ3n) is 3.92. The molecule has 1 aromatic heterocycles. The zero-order valence-corrected chi connectivity index (χ0v) is 12.6. The second kappa shape index (κ2) is 6.26. The van der Waals surface area contributed by atoms with Gasteiger partial charge in [0.25, 0.3) is 5.91 Å². The molecule has 3 rings (SSSR count). The van der Waals surface area contributed by atoms with Crippen molar-refractivity contribution in [1.82, 2.24) is 4.90 Å².